The molecule has 35 heavy (non-hydrogen) atoms. The maximum atomic E-state index is 12.9. The highest BCUT2D eigenvalue weighted by Gasteiger charge is 2.37. The summed E-state index contributed by atoms with van der Waals surface area (Å²) in [6.07, 6.45) is -1.55. The third-order valence-corrected chi connectivity index (χ3v) is 5.46. The number of ether oxygens (including phenoxy) is 5. The van der Waals surface area contributed by atoms with Crippen LogP contribution in [0.15, 0.2) is 54.6 Å². The summed E-state index contributed by atoms with van der Waals surface area (Å²) in [7, 11) is 1.62. The number of carbonyl (C=O) groups is 2. The molecule has 8 nitrogen and oxygen atoms in total. The van der Waals surface area contributed by atoms with Crippen molar-refractivity contribution in [1.82, 2.24) is 5.32 Å². The van der Waals surface area contributed by atoms with Crippen molar-refractivity contribution in [3.63, 3.8) is 0 Å². The first-order chi connectivity index (χ1) is 16.6. The second-order valence-corrected chi connectivity index (χ2v) is 9.49. The van der Waals surface area contributed by atoms with Gasteiger partial charge in [0.25, 0.3) is 0 Å². The molecule has 1 saturated heterocycles. The van der Waals surface area contributed by atoms with Gasteiger partial charge in [-0.1, -0.05) is 30.3 Å². The molecule has 0 unspecified atom stereocenters. The molecule has 0 aromatic heterocycles. The van der Waals surface area contributed by atoms with E-state index < -0.39 is 42.0 Å². The van der Waals surface area contributed by atoms with E-state index in [4.69, 9.17) is 23.7 Å². The number of rotatable bonds is 6. The van der Waals surface area contributed by atoms with Gasteiger partial charge in [0.05, 0.1) is 7.11 Å². The topological polar surface area (TPSA) is 92.3 Å². The molecule has 3 rings (SSSR count). The maximum Gasteiger partial charge on any atom is 0.408 e. The number of carbonyl (C=O) groups excluding carboxylic acids is 2. The Balaban J connectivity index is 1.80. The van der Waals surface area contributed by atoms with Gasteiger partial charge in [-0.15, -0.1) is 0 Å². The molecule has 1 amide bonds. The van der Waals surface area contributed by atoms with Gasteiger partial charge < -0.3 is 29.0 Å². The van der Waals surface area contributed by atoms with Crippen LogP contribution in [0.4, 0.5) is 4.79 Å². The third kappa shape index (κ3) is 8.17. The number of alkyl carbamates (subject to hydrolysis) is 1. The number of cyclic esters (lactones) is 1. The van der Waals surface area contributed by atoms with Crippen LogP contribution in [-0.4, -0.2) is 55.7 Å². The average molecular weight is 486 g/mol. The Morgan fingerprint density at radius 2 is 1.74 bits per heavy atom. The van der Waals surface area contributed by atoms with Crippen molar-refractivity contribution in [1.29, 1.82) is 0 Å². The first-order valence-electron chi connectivity index (χ1n) is 11.8. The van der Waals surface area contributed by atoms with Gasteiger partial charge in [-0.3, -0.25) is 0 Å². The molecule has 0 spiro atoms. The molecule has 8 heteroatoms. The van der Waals surface area contributed by atoms with Crippen LogP contribution in [0.2, 0.25) is 0 Å². The van der Waals surface area contributed by atoms with Gasteiger partial charge in [0, 0.05) is 19.4 Å². The molecule has 1 N–H and O–H groups in total. The molecular weight excluding hydrogens is 450 g/mol. The molecule has 0 radical (unpaired) electrons. The minimum Gasteiger partial charge on any atom is -0.497 e. The molecule has 4 atom stereocenters. The minimum absolute atomic E-state index is 0.220. The van der Waals surface area contributed by atoms with Crippen molar-refractivity contribution in [2.24, 2.45) is 0 Å². The Bertz CT molecular complexity index is 956. The summed E-state index contributed by atoms with van der Waals surface area (Å²) in [5.74, 6) is 0.852. The summed E-state index contributed by atoms with van der Waals surface area (Å²) in [4.78, 5) is 25.2. The van der Waals surface area contributed by atoms with Crippen LogP contribution < -0.4 is 14.8 Å². The zero-order chi connectivity index (χ0) is 25.4. The minimum atomic E-state index is -0.899. The standard InChI is InChI=1S/C27H35NO7/c1-18-24(34-21-9-7-6-8-10-21)23(17-19-11-13-20(31-5)14-12-19)32-16-15-22(25(29)33-18)28-26(30)35-27(2,3)4/h6-14,18,22-24H,15-17H2,1-5H3,(H,28,30)/t18-,22-,23+,24-/m0/s1. The lowest BCUT2D eigenvalue weighted by atomic mass is 10.00. The van der Waals surface area contributed by atoms with E-state index in [1.165, 1.54) is 0 Å². The van der Waals surface area contributed by atoms with Crippen LogP contribution >= 0.6 is 0 Å². The molecule has 1 heterocycles. The number of methoxy groups -OCH3 is 1. The van der Waals surface area contributed by atoms with Gasteiger partial charge >= 0.3 is 12.1 Å². The van der Waals surface area contributed by atoms with E-state index in [1.54, 1.807) is 34.8 Å². The van der Waals surface area contributed by atoms with Gasteiger partial charge in [0.1, 0.15) is 35.3 Å². The fourth-order valence-electron chi connectivity index (χ4n) is 3.76. The van der Waals surface area contributed by atoms with Crippen molar-refractivity contribution in [2.45, 2.75) is 70.5 Å². The Morgan fingerprint density at radius 3 is 2.37 bits per heavy atom. The number of hydrogen-bond donors (Lipinski definition) is 1. The molecule has 0 bridgehead atoms. The van der Waals surface area contributed by atoms with Crippen molar-refractivity contribution < 1.29 is 33.3 Å². The molecular formula is C27H35NO7. The number of amides is 1. The van der Waals surface area contributed by atoms with E-state index in [0.29, 0.717) is 12.2 Å². The molecule has 1 fully saturated rings. The SMILES string of the molecule is COc1ccc(C[C@H]2OCC[C@H](NC(=O)OC(C)(C)C)C(=O)O[C@@H](C)[C@@H]2Oc2ccccc2)cc1. The number of hydrogen-bond acceptors (Lipinski definition) is 7. The van der Waals surface area contributed by atoms with Gasteiger partial charge in [-0.2, -0.15) is 0 Å². The summed E-state index contributed by atoms with van der Waals surface area (Å²) in [5, 5.41) is 2.61. The van der Waals surface area contributed by atoms with Crippen LogP contribution in [0, 0.1) is 0 Å². The monoisotopic (exact) mass is 485 g/mol. The predicted molar refractivity (Wildman–Crippen MR) is 131 cm³/mol. The maximum absolute atomic E-state index is 12.9. The number of esters is 1. The first-order valence-corrected chi connectivity index (χ1v) is 11.8. The van der Waals surface area contributed by atoms with E-state index >= 15 is 0 Å². The van der Waals surface area contributed by atoms with Crippen molar-refractivity contribution in [3.05, 3.63) is 60.2 Å². The van der Waals surface area contributed by atoms with Crippen LogP contribution in [0.25, 0.3) is 0 Å². The Morgan fingerprint density at radius 1 is 1.06 bits per heavy atom. The highest BCUT2D eigenvalue weighted by Crippen LogP contribution is 2.24. The van der Waals surface area contributed by atoms with Crippen molar-refractivity contribution in [3.8, 4) is 11.5 Å². The molecule has 1 aliphatic heterocycles. The normalized spacial score (nSPS) is 23.2. The number of para-hydroxylation sites is 1. The zero-order valence-electron chi connectivity index (χ0n) is 21.0. The van der Waals surface area contributed by atoms with Crippen LogP contribution in [0.5, 0.6) is 11.5 Å². The van der Waals surface area contributed by atoms with E-state index in [2.05, 4.69) is 5.32 Å². The highest BCUT2D eigenvalue weighted by atomic mass is 16.6. The van der Waals surface area contributed by atoms with Crippen LogP contribution in [-0.2, 0) is 25.4 Å². The van der Waals surface area contributed by atoms with Gasteiger partial charge in [0.2, 0.25) is 0 Å². The Hall–Kier alpha value is -3.26. The largest absolute Gasteiger partial charge is 0.497 e. The van der Waals surface area contributed by atoms with E-state index in [-0.39, 0.29) is 13.0 Å². The molecule has 0 saturated carbocycles. The summed E-state index contributed by atoms with van der Waals surface area (Å²) in [6, 6.07) is 16.2. The summed E-state index contributed by atoms with van der Waals surface area (Å²) < 4.78 is 28.9. The van der Waals surface area contributed by atoms with E-state index in [0.717, 1.165) is 11.3 Å². The predicted octanol–water partition coefficient (Wildman–Crippen LogP) is 4.30. The quantitative estimate of drug-likeness (QED) is 0.610. The second kappa shape index (κ2) is 11.9. The first kappa shape index (κ1) is 26.3. The van der Waals surface area contributed by atoms with Gasteiger partial charge in [0.15, 0.2) is 6.10 Å². The molecule has 2 aromatic carbocycles. The van der Waals surface area contributed by atoms with Crippen molar-refractivity contribution in [2.75, 3.05) is 13.7 Å². The molecule has 2 aromatic rings. The highest BCUT2D eigenvalue weighted by molar-refractivity contribution is 5.81. The van der Waals surface area contributed by atoms with Gasteiger partial charge in [-0.05, 0) is 57.5 Å². The Labute approximate surface area is 206 Å². The van der Waals surface area contributed by atoms with E-state index in [9.17, 15) is 9.59 Å². The molecule has 1 aliphatic rings. The third-order valence-electron chi connectivity index (χ3n) is 5.46. The molecule has 190 valence electrons. The number of nitrogens with one attached hydrogen (secondary N) is 1. The van der Waals surface area contributed by atoms with Crippen LogP contribution in [0.3, 0.4) is 0 Å². The summed E-state index contributed by atoms with van der Waals surface area (Å²) in [6.45, 7) is 7.27. The zero-order valence-corrected chi connectivity index (χ0v) is 21.0. The fourth-order valence-corrected chi connectivity index (χ4v) is 3.76. The van der Waals surface area contributed by atoms with E-state index in [1.807, 2.05) is 54.6 Å². The summed E-state index contributed by atoms with van der Waals surface area (Å²) >= 11 is 0. The lowest BCUT2D eigenvalue weighted by Gasteiger charge is -2.31. The smallest absolute Gasteiger partial charge is 0.408 e. The Kier molecular flexibility index (Phi) is 8.98. The fraction of sp³-hybridized carbons (Fsp3) is 0.481. The lowest BCUT2D eigenvalue weighted by Crippen LogP contribution is -2.47. The lowest BCUT2D eigenvalue weighted by molar-refractivity contribution is -0.157. The number of benzene rings is 2. The molecule has 0 aliphatic carbocycles. The van der Waals surface area contributed by atoms with Crippen LogP contribution in [0.1, 0.15) is 39.7 Å². The second-order valence-electron chi connectivity index (χ2n) is 9.49. The van der Waals surface area contributed by atoms with Crippen molar-refractivity contribution >= 4 is 12.1 Å². The van der Waals surface area contributed by atoms with Gasteiger partial charge in [-0.25, -0.2) is 9.59 Å². The summed E-state index contributed by atoms with van der Waals surface area (Å²) in [5.41, 5.74) is 0.340. The average Bonchev–Trinajstić information content (AvgIpc) is 2.85.